The van der Waals surface area contributed by atoms with Crippen LogP contribution in [0.1, 0.15) is 0 Å². The van der Waals surface area contributed by atoms with Crippen LogP contribution in [0.4, 0.5) is 5.95 Å². The summed E-state index contributed by atoms with van der Waals surface area (Å²) in [5.74, 6) is 0.345. The smallest absolute Gasteiger partial charge is 0.225 e. The van der Waals surface area contributed by atoms with E-state index in [9.17, 15) is 0 Å². The highest BCUT2D eigenvalue weighted by Gasteiger charge is 2.18. The fourth-order valence-electron chi connectivity index (χ4n) is 0.602. The van der Waals surface area contributed by atoms with Crippen molar-refractivity contribution in [2.45, 2.75) is 0 Å². The van der Waals surface area contributed by atoms with Crippen LogP contribution in [-0.2, 0) is 14.9 Å². The Hall–Kier alpha value is -1.31. The number of rotatable bonds is 1. The minimum atomic E-state index is 0.143. The van der Waals surface area contributed by atoms with Crippen LogP contribution in [0.2, 0.25) is 0 Å². The van der Waals surface area contributed by atoms with E-state index in [2.05, 4.69) is 29.9 Å². The fraction of sp³-hybridized carbons (Fsp3) is 0.250. The number of hydrogen-bond donors (Lipinski definition) is 0. The molecule has 0 atom stereocenters. The second kappa shape index (κ2) is 2.74. The first-order valence-electron chi connectivity index (χ1n) is 2.82. The van der Waals surface area contributed by atoms with Crippen LogP contribution in [0.25, 0.3) is 0 Å². The van der Waals surface area contributed by atoms with Gasteiger partial charge in [-0.05, 0) is 5.04 Å². The van der Waals surface area contributed by atoms with Gasteiger partial charge >= 0.3 is 0 Å². The van der Waals surface area contributed by atoms with Crippen molar-refractivity contribution in [2.75, 3.05) is 11.8 Å². The van der Waals surface area contributed by atoms with Crippen molar-refractivity contribution in [1.29, 1.82) is 0 Å². The van der Waals surface area contributed by atoms with Gasteiger partial charge in [0.25, 0.3) is 5.95 Å². The molecule has 1 aliphatic heterocycles. The molecule has 1 fully saturated rings. The molecule has 2 heterocycles. The molecule has 0 N–H and O–H groups in total. The summed E-state index contributed by atoms with van der Waals surface area (Å²) in [6.45, 7) is 0.143. The molecule has 1 aliphatic rings. The Morgan fingerprint density at radius 1 is 1.36 bits per heavy atom. The van der Waals surface area contributed by atoms with Crippen molar-refractivity contribution in [1.82, 2.24) is 15.0 Å². The zero-order valence-electron chi connectivity index (χ0n) is 5.38. The third-order valence-corrected chi connectivity index (χ3v) is 1.04. The molecule has 1 aromatic heterocycles. The van der Waals surface area contributed by atoms with Crippen molar-refractivity contribution in [2.24, 2.45) is 0 Å². The molecule has 1 aromatic rings. The van der Waals surface area contributed by atoms with Crippen molar-refractivity contribution in [3.63, 3.8) is 0 Å². The molecule has 7 heteroatoms. The van der Waals surface area contributed by atoms with Gasteiger partial charge in [0, 0.05) is 0 Å². The predicted molar refractivity (Wildman–Crippen MR) is 30.4 cm³/mol. The van der Waals surface area contributed by atoms with Crippen LogP contribution in [0.15, 0.2) is 12.7 Å². The summed E-state index contributed by atoms with van der Waals surface area (Å²) in [6.07, 6.45) is 2.70. The first kappa shape index (κ1) is 6.40. The van der Waals surface area contributed by atoms with Crippen molar-refractivity contribution in [3.05, 3.63) is 12.7 Å². The van der Waals surface area contributed by atoms with Crippen LogP contribution >= 0.6 is 0 Å². The lowest BCUT2D eigenvalue weighted by atomic mass is 10.9. The number of hydrogen-bond acceptors (Lipinski definition) is 7. The van der Waals surface area contributed by atoms with Gasteiger partial charge in [-0.1, -0.05) is 4.99 Å². The van der Waals surface area contributed by atoms with Crippen LogP contribution in [0.5, 0.6) is 0 Å². The summed E-state index contributed by atoms with van der Waals surface area (Å²) in [7, 11) is 0. The summed E-state index contributed by atoms with van der Waals surface area (Å²) in [6, 6.07) is 0. The lowest BCUT2D eigenvalue weighted by molar-refractivity contribution is -0.455. The number of hydroxylamine groups is 1. The molecule has 0 bridgehead atoms. The molecule has 11 heavy (non-hydrogen) atoms. The van der Waals surface area contributed by atoms with Gasteiger partial charge < -0.3 is 0 Å². The maximum absolute atomic E-state index is 4.50. The van der Waals surface area contributed by atoms with Crippen LogP contribution in [-0.4, -0.2) is 21.7 Å². The van der Waals surface area contributed by atoms with E-state index < -0.39 is 0 Å². The fourth-order valence-corrected chi connectivity index (χ4v) is 0.602. The molecular formula is C4H4N4O3. The first-order valence-corrected chi connectivity index (χ1v) is 2.82. The highest BCUT2D eigenvalue weighted by molar-refractivity contribution is 5.20. The second-order valence-electron chi connectivity index (χ2n) is 1.71. The normalized spacial score (nSPS) is 17.3. The molecule has 0 aliphatic carbocycles. The number of aromatic nitrogens is 3. The average molecular weight is 156 g/mol. The third-order valence-electron chi connectivity index (χ3n) is 1.04. The van der Waals surface area contributed by atoms with E-state index in [1.54, 1.807) is 0 Å². The Morgan fingerprint density at radius 2 is 2.18 bits per heavy atom. The molecule has 0 unspecified atom stereocenters. The highest BCUT2D eigenvalue weighted by Crippen LogP contribution is 2.10. The SMILES string of the molecule is c1ncnc(N2COOO2)n1. The maximum Gasteiger partial charge on any atom is 0.257 e. The molecule has 0 saturated carbocycles. The standard InChI is InChI=1S/C4H4N4O3/c1-5-2-7-4(6-1)8-3-9-11-10-8/h1-2H,3H2. The molecular weight excluding hydrogens is 152 g/mol. The Kier molecular flexibility index (Phi) is 1.60. The van der Waals surface area contributed by atoms with Gasteiger partial charge in [-0.3, -0.25) is 0 Å². The van der Waals surface area contributed by atoms with Gasteiger partial charge in [0.15, 0.2) is 6.73 Å². The summed E-state index contributed by atoms with van der Waals surface area (Å²) in [4.78, 5) is 20.1. The van der Waals surface area contributed by atoms with E-state index in [-0.39, 0.29) is 6.73 Å². The summed E-state index contributed by atoms with van der Waals surface area (Å²) in [5.41, 5.74) is 0. The van der Waals surface area contributed by atoms with E-state index in [1.165, 1.54) is 17.7 Å². The highest BCUT2D eigenvalue weighted by atomic mass is 17.6. The maximum atomic E-state index is 4.50. The lowest BCUT2D eigenvalue weighted by Gasteiger charge is -2.04. The second-order valence-corrected chi connectivity index (χ2v) is 1.71. The Labute approximate surface area is 61.4 Å². The molecule has 0 aromatic carbocycles. The molecule has 0 amide bonds. The number of nitrogens with zero attached hydrogens (tertiary/aromatic N) is 4. The molecule has 0 radical (unpaired) electrons. The van der Waals surface area contributed by atoms with Crippen molar-refractivity contribution >= 4 is 5.95 Å². The average Bonchev–Trinajstić information content (AvgIpc) is 2.58. The van der Waals surface area contributed by atoms with Gasteiger partial charge in [0.05, 0.1) is 0 Å². The van der Waals surface area contributed by atoms with Gasteiger partial charge in [0.2, 0.25) is 0 Å². The molecule has 58 valence electrons. The minimum Gasteiger partial charge on any atom is -0.225 e. The topological polar surface area (TPSA) is 69.6 Å². The summed E-state index contributed by atoms with van der Waals surface area (Å²) < 4.78 is 0. The van der Waals surface area contributed by atoms with E-state index in [1.807, 2.05) is 0 Å². The minimum absolute atomic E-state index is 0.143. The van der Waals surface area contributed by atoms with Crippen molar-refractivity contribution < 1.29 is 14.9 Å². The van der Waals surface area contributed by atoms with Gasteiger partial charge in [-0.15, -0.1) is 0 Å². The van der Waals surface area contributed by atoms with E-state index >= 15 is 0 Å². The van der Waals surface area contributed by atoms with E-state index in [0.29, 0.717) is 5.95 Å². The van der Waals surface area contributed by atoms with Gasteiger partial charge in [-0.2, -0.15) is 19.9 Å². The van der Waals surface area contributed by atoms with E-state index in [0.717, 1.165) is 0 Å². The zero-order chi connectivity index (χ0) is 7.52. The zero-order valence-corrected chi connectivity index (χ0v) is 5.38. The van der Waals surface area contributed by atoms with Gasteiger partial charge in [-0.25, -0.2) is 4.98 Å². The van der Waals surface area contributed by atoms with Crippen LogP contribution < -0.4 is 5.06 Å². The van der Waals surface area contributed by atoms with Crippen molar-refractivity contribution in [3.8, 4) is 0 Å². The predicted octanol–water partition coefficient (Wildman–Crippen LogP) is -0.556. The summed E-state index contributed by atoms with van der Waals surface area (Å²) in [5, 5.41) is 5.37. The monoisotopic (exact) mass is 156 g/mol. The lowest BCUT2D eigenvalue weighted by Crippen LogP contribution is -2.18. The van der Waals surface area contributed by atoms with Gasteiger partial charge in [0.1, 0.15) is 12.7 Å². The largest absolute Gasteiger partial charge is 0.257 e. The quantitative estimate of drug-likeness (QED) is 0.505. The number of anilines is 1. The Balaban J connectivity index is 2.16. The molecule has 1 saturated heterocycles. The van der Waals surface area contributed by atoms with Crippen LogP contribution in [0.3, 0.4) is 0 Å². The molecule has 0 spiro atoms. The first-order chi connectivity index (χ1) is 5.47. The molecule has 2 rings (SSSR count). The Morgan fingerprint density at radius 3 is 2.82 bits per heavy atom. The van der Waals surface area contributed by atoms with E-state index in [4.69, 9.17) is 0 Å². The third kappa shape index (κ3) is 1.24. The Bertz CT molecular complexity index is 224. The molecule has 7 nitrogen and oxygen atoms in total. The summed E-state index contributed by atoms with van der Waals surface area (Å²) >= 11 is 0. The van der Waals surface area contributed by atoms with Crippen LogP contribution in [0, 0.1) is 0 Å².